The molecule has 0 radical (unpaired) electrons. The monoisotopic (exact) mass is 398 g/mol. The van der Waals surface area contributed by atoms with Crippen LogP contribution in [0.5, 0.6) is 0 Å². The van der Waals surface area contributed by atoms with Gasteiger partial charge in [-0.05, 0) is 35.4 Å². The van der Waals surface area contributed by atoms with Crippen LogP contribution in [0.4, 0.5) is 0 Å². The van der Waals surface area contributed by atoms with E-state index in [2.05, 4.69) is 5.32 Å². The molecule has 0 saturated heterocycles. The van der Waals surface area contributed by atoms with Crippen molar-refractivity contribution in [2.24, 2.45) is 0 Å². The predicted octanol–water partition coefficient (Wildman–Crippen LogP) is 4.47. The second kappa shape index (κ2) is 8.71. The average Bonchev–Trinajstić information content (AvgIpc) is 2.67. The molecule has 0 aliphatic heterocycles. The number of nitrogens with one attached hydrogen (secondary N) is 1. The number of nitrogens with zero attached hydrogens (tertiary/aromatic N) is 1. The number of aromatic nitrogens is 1. The zero-order valence-electron chi connectivity index (χ0n) is 14.2. The third-order valence-electron chi connectivity index (χ3n) is 3.87. The first-order valence-electron chi connectivity index (χ1n) is 8.21. The van der Waals surface area contributed by atoms with Crippen molar-refractivity contribution in [1.29, 1.82) is 0 Å². The number of carbonyl (C=O) groups excluding carboxylic acids is 1. The summed E-state index contributed by atoms with van der Waals surface area (Å²) in [5.74, 6) is -0.391. The van der Waals surface area contributed by atoms with Crippen molar-refractivity contribution in [1.82, 2.24) is 9.88 Å². The van der Waals surface area contributed by atoms with Gasteiger partial charge in [0.25, 0.3) is 11.5 Å². The Morgan fingerprint density at radius 2 is 1.74 bits per heavy atom. The molecular weight excluding hydrogens is 383 g/mol. The number of rotatable bonds is 5. The van der Waals surface area contributed by atoms with Crippen LogP contribution in [0.3, 0.4) is 0 Å². The molecule has 1 aromatic heterocycles. The Hall–Kier alpha value is -2.82. The van der Waals surface area contributed by atoms with Crippen molar-refractivity contribution in [3.05, 3.63) is 104 Å². The average molecular weight is 399 g/mol. The summed E-state index contributed by atoms with van der Waals surface area (Å²) in [6.07, 6.45) is 3.11. The molecule has 136 valence electrons. The van der Waals surface area contributed by atoms with Crippen molar-refractivity contribution < 1.29 is 4.79 Å². The highest BCUT2D eigenvalue weighted by Crippen LogP contribution is 2.24. The first-order chi connectivity index (χ1) is 13.0. The number of hydrogen-bond acceptors (Lipinski definition) is 2. The summed E-state index contributed by atoms with van der Waals surface area (Å²) in [4.78, 5) is 25.1. The highest BCUT2D eigenvalue weighted by molar-refractivity contribution is 6.36. The lowest BCUT2D eigenvalue weighted by molar-refractivity contribution is -0.116. The van der Waals surface area contributed by atoms with Gasteiger partial charge in [-0.3, -0.25) is 14.2 Å². The lowest BCUT2D eigenvalue weighted by atomic mass is 10.1. The Balaban J connectivity index is 1.97. The lowest BCUT2D eigenvalue weighted by Gasteiger charge is -2.12. The van der Waals surface area contributed by atoms with Gasteiger partial charge in [0.1, 0.15) is 5.70 Å². The topological polar surface area (TPSA) is 51.1 Å². The van der Waals surface area contributed by atoms with Gasteiger partial charge in [0.15, 0.2) is 0 Å². The molecule has 6 heteroatoms. The van der Waals surface area contributed by atoms with E-state index >= 15 is 0 Å². The zero-order valence-corrected chi connectivity index (χ0v) is 15.7. The second-order valence-corrected chi connectivity index (χ2v) is 6.62. The summed E-state index contributed by atoms with van der Waals surface area (Å²) in [5, 5.41) is 3.72. The quantitative estimate of drug-likeness (QED) is 0.644. The van der Waals surface area contributed by atoms with Crippen molar-refractivity contribution in [3.63, 3.8) is 0 Å². The Labute approximate surface area is 166 Å². The highest BCUT2D eigenvalue weighted by atomic mass is 35.5. The number of hydrogen-bond donors (Lipinski definition) is 1. The van der Waals surface area contributed by atoms with Crippen molar-refractivity contribution >= 4 is 40.9 Å². The molecule has 3 rings (SSSR count). The van der Waals surface area contributed by atoms with Crippen LogP contribution in [-0.4, -0.2) is 10.5 Å². The summed E-state index contributed by atoms with van der Waals surface area (Å²) < 4.78 is 1.28. The minimum Gasteiger partial charge on any atom is -0.347 e. The molecule has 4 nitrogen and oxygen atoms in total. The molecule has 0 aliphatic carbocycles. The molecule has 0 fully saturated rings. The normalized spacial score (nSPS) is 11.3. The maximum absolute atomic E-state index is 12.8. The molecule has 0 bridgehead atoms. The molecule has 0 spiro atoms. The van der Waals surface area contributed by atoms with Crippen molar-refractivity contribution in [2.45, 2.75) is 6.54 Å². The molecule has 0 saturated carbocycles. The smallest absolute Gasteiger partial charge is 0.268 e. The fourth-order valence-electron chi connectivity index (χ4n) is 2.51. The molecule has 0 unspecified atom stereocenters. The van der Waals surface area contributed by atoms with Gasteiger partial charge in [0.2, 0.25) is 0 Å². The maximum atomic E-state index is 12.8. The van der Waals surface area contributed by atoms with Gasteiger partial charge < -0.3 is 5.32 Å². The third kappa shape index (κ3) is 4.88. The van der Waals surface area contributed by atoms with E-state index in [0.29, 0.717) is 22.2 Å². The van der Waals surface area contributed by atoms with Crippen LogP contribution in [0, 0.1) is 0 Å². The SMILES string of the molecule is O=C(NCc1ccccc1)/C(=C\c1ccc(Cl)cc1Cl)n1ccccc1=O. The van der Waals surface area contributed by atoms with Crippen LogP contribution in [-0.2, 0) is 11.3 Å². The molecule has 1 heterocycles. The minimum absolute atomic E-state index is 0.167. The Kier molecular flexibility index (Phi) is 6.12. The van der Waals surface area contributed by atoms with E-state index in [0.717, 1.165) is 5.56 Å². The molecule has 0 atom stereocenters. The largest absolute Gasteiger partial charge is 0.347 e. The van der Waals surface area contributed by atoms with Crippen LogP contribution in [0.25, 0.3) is 11.8 Å². The molecular formula is C21H16Cl2N2O2. The minimum atomic E-state index is -0.391. The van der Waals surface area contributed by atoms with Gasteiger partial charge in [-0.1, -0.05) is 65.7 Å². The van der Waals surface area contributed by atoms with Crippen LogP contribution in [0.15, 0.2) is 77.7 Å². The Bertz CT molecular complexity index is 1040. The summed E-state index contributed by atoms with van der Waals surface area (Å²) >= 11 is 12.2. The molecule has 0 aliphatic rings. The fraction of sp³-hybridized carbons (Fsp3) is 0.0476. The van der Waals surface area contributed by atoms with Gasteiger partial charge in [-0.2, -0.15) is 0 Å². The van der Waals surface area contributed by atoms with E-state index in [-0.39, 0.29) is 11.3 Å². The molecule has 27 heavy (non-hydrogen) atoms. The standard InChI is InChI=1S/C21H16Cl2N2O2/c22-17-10-9-16(18(23)13-17)12-19(25-11-5-4-8-20(25)26)21(27)24-14-15-6-2-1-3-7-15/h1-13H,14H2,(H,24,27)/b19-12+. The van der Waals surface area contributed by atoms with Crippen LogP contribution >= 0.6 is 23.2 Å². The van der Waals surface area contributed by atoms with Gasteiger partial charge in [0, 0.05) is 28.9 Å². The van der Waals surface area contributed by atoms with Gasteiger partial charge in [-0.15, -0.1) is 0 Å². The second-order valence-electron chi connectivity index (χ2n) is 5.77. The van der Waals surface area contributed by atoms with E-state index in [1.807, 2.05) is 30.3 Å². The Morgan fingerprint density at radius 3 is 2.44 bits per heavy atom. The van der Waals surface area contributed by atoms with Crippen LogP contribution in [0.2, 0.25) is 10.0 Å². The number of halogens is 2. The first-order valence-corrected chi connectivity index (χ1v) is 8.97. The summed E-state index contributed by atoms with van der Waals surface area (Å²) in [5.41, 5.74) is 1.39. The third-order valence-corrected chi connectivity index (χ3v) is 4.43. The summed E-state index contributed by atoms with van der Waals surface area (Å²) in [6, 6.07) is 19.2. The molecule has 3 aromatic rings. The summed E-state index contributed by atoms with van der Waals surface area (Å²) in [7, 11) is 0. The van der Waals surface area contributed by atoms with Crippen molar-refractivity contribution in [3.8, 4) is 0 Å². The molecule has 1 N–H and O–H groups in total. The zero-order chi connectivity index (χ0) is 19.2. The maximum Gasteiger partial charge on any atom is 0.268 e. The number of benzene rings is 2. The van der Waals surface area contributed by atoms with E-state index in [1.54, 1.807) is 42.6 Å². The van der Waals surface area contributed by atoms with E-state index < -0.39 is 5.91 Å². The molecule has 1 amide bonds. The first kappa shape index (κ1) is 19.0. The number of carbonyl (C=O) groups is 1. The van der Waals surface area contributed by atoms with Gasteiger partial charge in [-0.25, -0.2) is 0 Å². The number of amides is 1. The highest BCUT2D eigenvalue weighted by Gasteiger charge is 2.14. The van der Waals surface area contributed by atoms with Crippen LogP contribution in [0.1, 0.15) is 11.1 Å². The number of pyridine rings is 1. The van der Waals surface area contributed by atoms with Crippen LogP contribution < -0.4 is 10.9 Å². The van der Waals surface area contributed by atoms with E-state index in [1.165, 1.54) is 10.6 Å². The Morgan fingerprint density at radius 1 is 1.00 bits per heavy atom. The van der Waals surface area contributed by atoms with Gasteiger partial charge >= 0.3 is 0 Å². The molecule has 2 aromatic carbocycles. The van der Waals surface area contributed by atoms with E-state index in [4.69, 9.17) is 23.2 Å². The van der Waals surface area contributed by atoms with Crippen molar-refractivity contribution in [2.75, 3.05) is 0 Å². The fourth-order valence-corrected chi connectivity index (χ4v) is 2.97. The predicted molar refractivity (Wildman–Crippen MR) is 110 cm³/mol. The van der Waals surface area contributed by atoms with E-state index in [9.17, 15) is 9.59 Å². The summed E-state index contributed by atoms with van der Waals surface area (Å²) in [6.45, 7) is 0.340. The lowest BCUT2D eigenvalue weighted by Crippen LogP contribution is -2.30. The van der Waals surface area contributed by atoms with Gasteiger partial charge in [0.05, 0.1) is 0 Å².